The van der Waals surface area contributed by atoms with Gasteiger partial charge in [-0.15, -0.1) is 0 Å². The maximum atomic E-state index is 6.12. The molecule has 0 aromatic heterocycles. The molecule has 0 spiro atoms. The van der Waals surface area contributed by atoms with Crippen molar-refractivity contribution in [1.29, 1.82) is 0 Å². The zero-order valence-corrected chi connectivity index (χ0v) is 17.3. The van der Waals surface area contributed by atoms with Crippen LogP contribution < -0.4 is 15.4 Å². The van der Waals surface area contributed by atoms with E-state index >= 15 is 0 Å². The van der Waals surface area contributed by atoms with Gasteiger partial charge in [0.25, 0.3) is 0 Å². The molecule has 2 atom stereocenters. The number of nitrogens with zero attached hydrogens (tertiary/aromatic N) is 1. The lowest BCUT2D eigenvalue weighted by Gasteiger charge is -2.16. The molecular formula is C20H33N3O2S. The Morgan fingerprint density at radius 3 is 2.96 bits per heavy atom. The summed E-state index contributed by atoms with van der Waals surface area (Å²) in [7, 11) is 0. The van der Waals surface area contributed by atoms with Gasteiger partial charge in [0.15, 0.2) is 5.96 Å². The van der Waals surface area contributed by atoms with Crippen LogP contribution in [0.3, 0.4) is 0 Å². The topological polar surface area (TPSA) is 54.9 Å². The Kier molecular flexibility index (Phi) is 9.12. The number of benzene rings is 1. The summed E-state index contributed by atoms with van der Waals surface area (Å²) >= 11 is 1.85. The van der Waals surface area contributed by atoms with Crippen LogP contribution in [0, 0.1) is 12.8 Å². The average Bonchev–Trinajstić information content (AvgIpc) is 3.16. The van der Waals surface area contributed by atoms with Crippen LogP contribution in [0.5, 0.6) is 5.75 Å². The van der Waals surface area contributed by atoms with E-state index in [1.807, 2.05) is 11.8 Å². The van der Waals surface area contributed by atoms with E-state index in [2.05, 4.69) is 55.9 Å². The number of hydrogen-bond acceptors (Lipinski definition) is 4. The van der Waals surface area contributed by atoms with Crippen LogP contribution in [-0.2, 0) is 11.3 Å². The molecule has 1 aliphatic heterocycles. The number of ether oxygens (including phenoxy) is 2. The van der Waals surface area contributed by atoms with Crippen molar-refractivity contribution in [2.45, 2.75) is 39.0 Å². The first-order valence-corrected chi connectivity index (χ1v) is 10.8. The standard InChI is InChI=1S/C20H33N3O2S/c1-5-21-20(22-11-16(3)26-4)23-12-18-7-6-15(2)10-19(18)25-14-17-8-9-24-13-17/h6-7,10,16-17H,5,8-9,11-14H2,1-4H3,(H2,21,22,23). The number of nitrogens with one attached hydrogen (secondary N) is 2. The Hall–Kier alpha value is -1.40. The highest BCUT2D eigenvalue weighted by Gasteiger charge is 2.17. The second-order valence-corrected chi connectivity index (χ2v) is 8.05. The van der Waals surface area contributed by atoms with Gasteiger partial charge in [-0.25, -0.2) is 4.99 Å². The van der Waals surface area contributed by atoms with Crippen LogP contribution in [0.15, 0.2) is 23.2 Å². The largest absolute Gasteiger partial charge is 0.493 e. The minimum atomic E-state index is 0.499. The Morgan fingerprint density at radius 1 is 1.42 bits per heavy atom. The van der Waals surface area contributed by atoms with E-state index in [9.17, 15) is 0 Å². The van der Waals surface area contributed by atoms with Crippen molar-refractivity contribution >= 4 is 17.7 Å². The van der Waals surface area contributed by atoms with Crippen LogP contribution in [0.1, 0.15) is 31.4 Å². The molecule has 5 nitrogen and oxygen atoms in total. The van der Waals surface area contributed by atoms with Crippen LogP contribution in [0.2, 0.25) is 0 Å². The first kappa shape index (κ1) is 20.9. The fraction of sp³-hybridized carbons (Fsp3) is 0.650. The van der Waals surface area contributed by atoms with Gasteiger partial charge in [-0.1, -0.05) is 19.1 Å². The van der Waals surface area contributed by atoms with Gasteiger partial charge in [-0.2, -0.15) is 11.8 Å². The van der Waals surface area contributed by atoms with E-state index < -0.39 is 0 Å². The lowest BCUT2D eigenvalue weighted by molar-refractivity contribution is 0.166. The molecule has 0 aliphatic carbocycles. The van der Waals surface area contributed by atoms with Gasteiger partial charge in [0.05, 0.1) is 19.8 Å². The van der Waals surface area contributed by atoms with Crippen LogP contribution in [0.25, 0.3) is 0 Å². The number of hydrogen-bond donors (Lipinski definition) is 2. The van der Waals surface area contributed by atoms with E-state index in [4.69, 9.17) is 14.5 Å². The van der Waals surface area contributed by atoms with Gasteiger partial charge < -0.3 is 20.1 Å². The second kappa shape index (κ2) is 11.3. The number of thioether (sulfide) groups is 1. The van der Waals surface area contributed by atoms with Crippen LogP contribution in [-0.4, -0.2) is 50.4 Å². The Balaban J connectivity index is 2.00. The summed E-state index contributed by atoms with van der Waals surface area (Å²) in [4.78, 5) is 4.74. The lowest BCUT2D eigenvalue weighted by atomic mass is 10.1. The molecule has 0 radical (unpaired) electrons. The number of guanidine groups is 1. The van der Waals surface area contributed by atoms with E-state index in [0.29, 0.717) is 24.3 Å². The predicted octanol–water partition coefficient (Wildman–Crippen LogP) is 3.22. The normalized spacial score (nSPS) is 18.6. The van der Waals surface area contributed by atoms with E-state index in [0.717, 1.165) is 50.0 Å². The highest BCUT2D eigenvalue weighted by Crippen LogP contribution is 2.23. The van der Waals surface area contributed by atoms with Crippen molar-refractivity contribution < 1.29 is 9.47 Å². The third kappa shape index (κ3) is 7.08. The zero-order valence-electron chi connectivity index (χ0n) is 16.5. The highest BCUT2D eigenvalue weighted by molar-refractivity contribution is 7.99. The monoisotopic (exact) mass is 379 g/mol. The molecule has 26 heavy (non-hydrogen) atoms. The first-order chi connectivity index (χ1) is 12.6. The lowest BCUT2D eigenvalue weighted by Crippen LogP contribution is -2.40. The molecule has 2 N–H and O–H groups in total. The zero-order chi connectivity index (χ0) is 18.8. The molecule has 146 valence electrons. The van der Waals surface area contributed by atoms with Gasteiger partial charge in [-0.3, -0.25) is 0 Å². The van der Waals surface area contributed by atoms with Crippen molar-refractivity contribution in [1.82, 2.24) is 10.6 Å². The average molecular weight is 380 g/mol. The molecular weight excluding hydrogens is 346 g/mol. The summed E-state index contributed by atoms with van der Waals surface area (Å²) in [6.07, 6.45) is 3.21. The summed E-state index contributed by atoms with van der Waals surface area (Å²) < 4.78 is 11.6. The minimum absolute atomic E-state index is 0.499. The molecule has 1 aromatic rings. The summed E-state index contributed by atoms with van der Waals surface area (Å²) in [5, 5.41) is 7.27. The molecule has 2 unspecified atom stereocenters. The Labute approximate surface area is 162 Å². The van der Waals surface area contributed by atoms with Gasteiger partial charge in [0.1, 0.15) is 5.75 Å². The van der Waals surface area contributed by atoms with Gasteiger partial charge in [-0.05, 0) is 38.2 Å². The van der Waals surface area contributed by atoms with E-state index in [1.165, 1.54) is 5.56 Å². The Morgan fingerprint density at radius 2 is 2.27 bits per heavy atom. The van der Waals surface area contributed by atoms with E-state index in [-0.39, 0.29) is 0 Å². The third-order valence-corrected chi connectivity index (χ3v) is 5.40. The molecule has 1 aliphatic rings. The molecule has 0 bridgehead atoms. The van der Waals surface area contributed by atoms with Crippen molar-refractivity contribution in [3.05, 3.63) is 29.3 Å². The van der Waals surface area contributed by atoms with Crippen LogP contribution >= 0.6 is 11.8 Å². The molecule has 1 aromatic carbocycles. The molecule has 1 heterocycles. The number of aliphatic imine (C=N–C) groups is 1. The van der Waals surface area contributed by atoms with Crippen LogP contribution in [0.4, 0.5) is 0 Å². The summed E-state index contributed by atoms with van der Waals surface area (Å²) in [5.74, 6) is 2.29. The second-order valence-electron chi connectivity index (χ2n) is 6.77. The van der Waals surface area contributed by atoms with Crippen molar-refractivity contribution in [3.8, 4) is 5.75 Å². The number of rotatable bonds is 9. The van der Waals surface area contributed by atoms with Gasteiger partial charge >= 0.3 is 0 Å². The van der Waals surface area contributed by atoms with Gasteiger partial charge in [0, 0.05) is 36.4 Å². The molecule has 6 heteroatoms. The highest BCUT2D eigenvalue weighted by atomic mass is 32.2. The van der Waals surface area contributed by atoms with Crippen molar-refractivity contribution in [2.24, 2.45) is 10.9 Å². The fourth-order valence-corrected chi connectivity index (χ4v) is 2.93. The summed E-state index contributed by atoms with van der Waals surface area (Å²) in [5.41, 5.74) is 2.32. The summed E-state index contributed by atoms with van der Waals surface area (Å²) in [6.45, 7) is 11.1. The summed E-state index contributed by atoms with van der Waals surface area (Å²) in [6, 6.07) is 6.34. The maximum Gasteiger partial charge on any atom is 0.191 e. The van der Waals surface area contributed by atoms with Crippen molar-refractivity contribution in [3.63, 3.8) is 0 Å². The molecule has 1 fully saturated rings. The minimum Gasteiger partial charge on any atom is -0.493 e. The molecule has 2 rings (SSSR count). The fourth-order valence-electron chi connectivity index (χ4n) is 2.68. The third-order valence-electron chi connectivity index (χ3n) is 4.43. The van der Waals surface area contributed by atoms with Crippen molar-refractivity contribution in [2.75, 3.05) is 39.2 Å². The molecule has 1 saturated heterocycles. The predicted molar refractivity (Wildman–Crippen MR) is 111 cm³/mol. The van der Waals surface area contributed by atoms with E-state index in [1.54, 1.807) is 0 Å². The molecule has 0 saturated carbocycles. The smallest absolute Gasteiger partial charge is 0.191 e. The Bertz CT molecular complexity index is 574. The number of aryl methyl sites for hydroxylation is 1. The first-order valence-electron chi connectivity index (χ1n) is 9.47. The maximum absolute atomic E-state index is 6.12. The SMILES string of the molecule is CCNC(=NCc1ccc(C)cc1OCC1CCOC1)NCC(C)SC. The molecule has 0 amide bonds. The quantitative estimate of drug-likeness (QED) is 0.510. The van der Waals surface area contributed by atoms with Gasteiger partial charge in [0.2, 0.25) is 0 Å².